The summed E-state index contributed by atoms with van der Waals surface area (Å²) in [6, 6.07) is 0. The largest absolute Gasteiger partial charge is 0.318 e. The van der Waals surface area contributed by atoms with Crippen LogP contribution in [0.5, 0.6) is 0 Å². The normalized spacial score (nSPS) is 12.1. The smallest absolute Gasteiger partial charge is 0.140 e. The summed E-state index contributed by atoms with van der Waals surface area (Å²) in [5.41, 5.74) is 0. The fourth-order valence-electron chi connectivity index (χ4n) is 4.40. The Hall–Kier alpha value is -0.520. The zero-order valence-corrected chi connectivity index (χ0v) is 23.5. The molecule has 0 atom stereocenters. The van der Waals surface area contributed by atoms with Crippen LogP contribution in [0.25, 0.3) is 0 Å². The number of unbranched alkanes of at least 4 members (excludes halogenated alkanes) is 16. The van der Waals surface area contributed by atoms with Gasteiger partial charge in [-0.05, 0) is 37.5 Å². The summed E-state index contributed by atoms with van der Waals surface area (Å²) in [4.78, 5) is 0. The third kappa shape index (κ3) is 22.7. The molecule has 0 aromatic heterocycles. The second-order valence-corrected chi connectivity index (χ2v) is 11.6. The minimum absolute atomic E-state index is 0.995. The highest BCUT2D eigenvalue weighted by molar-refractivity contribution is 4.99. The monoisotopic (exact) mass is 450 g/mol. The Bertz CT molecular complexity index is 415. The predicted octanol–water partition coefficient (Wildman–Crippen LogP) is 8.20. The van der Waals surface area contributed by atoms with Crippen LogP contribution in [0.1, 0.15) is 129 Å². The maximum absolute atomic E-state index is 3.50. The molecule has 0 aliphatic carbocycles. The van der Waals surface area contributed by atoms with E-state index >= 15 is 0 Å². The lowest BCUT2D eigenvalue weighted by Crippen LogP contribution is -2.42. The van der Waals surface area contributed by atoms with Crippen molar-refractivity contribution in [1.29, 1.82) is 0 Å². The summed E-state index contributed by atoms with van der Waals surface area (Å²) < 4.78 is 2.10. The molecule has 0 bridgehead atoms. The molecule has 32 heavy (non-hydrogen) atoms. The van der Waals surface area contributed by atoms with E-state index in [0.29, 0.717) is 0 Å². The lowest BCUT2D eigenvalue weighted by atomic mass is 10.1. The van der Waals surface area contributed by atoms with E-state index in [1.165, 1.54) is 129 Å². The van der Waals surface area contributed by atoms with E-state index in [0.717, 1.165) is 22.1 Å². The Morgan fingerprint density at radius 3 is 0.906 bits per heavy atom. The van der Waals surface area contributed by atoms with Crippen molar-refractivity contribution in [2.24, 2.45) is 0 Å². The van der Waals surface area contributed by atoms with Gasteiger partial charge in [-0.1, -0.05) is 104 Å². The molecule has 190 valence electrons. The fraction of sp³-hybridized carbons (Fsp3) is 0.933. The predicted molar refractivity (Wildman–Crippen MR) is 146 cm³/mol. The molecular weight excluding hydrogens is 388 g/mol. The Morgan fingerprint density at radius 1 is 0.375 bits per heavy atom. The minimum atomic E-state index is 0.995. The van der Waals surface area contributed by atoms with E-state index in [2.05, 4.69) is 53.9 Å². The minimum Gasteiger partial charge on any atom is -0.318 e. The maximum Gasteiger partial charge on any atom is 0.140 e. The second-order valence-electron chi connectivity index (χ2n) is 11.6. The van der Waals surface area contributed by atoms with E-state index < -0.39 is 0 Å². The van der Waals surface area contributed by atoms with Crippen LogP contribution in [0.15, 0.2) is 0 Å². The van der Waals surface area contributed by atoms with Gasteiger partial charge >= 0.3 is 0 Å². The van der Waals surface area contributed by atoms with Gasteiger partial charge in [0.05, 0.1) is 41.3 Å². The van der Waals surface area contributed by atoms with E-state index in [1.807, 2.05) is 0 Å². The molecule has 0 spiro atoms. The molecule has 0 saturated carbocycles. The van der Waals surface area contributed by atoms with Gasteiger partial charge in [-0.3, -0.25) is 0 Å². The number of quaternary nitrogens is 2. The summed E-state index contributed by atoms with van der Waals surface area (Å²) in [6.07, 6.45) is 25.4. The van der Waals surface area contributed by atoms with Crippen LogP contribution < -0.4 is 0 Å². The molecule has 0 radical (unpaired) electrons. The Balaban J connectivity index is 3.75. The third-order valence-corrected chi connectivity index (χ3v) is 6.87. The molecule has 0 aliphatic rings. The summed E-state index contributed by atoms with van der Waals surface area (Å²) in [7, 11) is 9.40. The SMILES string of the molecule is CCCCCCCCCCC[N+](C)(C)CC#CC[N+](C)(C)CCCCCCCCCCC. The molecule has 0 unspecified atom stereocenters. The van der Waals surface area contributed by atoms with Gasteiger partial charge in [0.1, 0.15) is 13.1 Å². The van der Waals surface area contributed by atoms with Crippen molar-refractivity contribution in [1.82, 2.24) is 0 Å². The quantitative estimate of drug-likeness (QED) is 0.0885. The second kappa shape index (κ2) is 21.0. The Labute approximate surface area is 204 Å². The van der Waals surface area contributed by atoms with E-state index in [4.69, 9.17) is 0 Å². The van der Waals surface area contributed by atoms with Gasteiger partial charge in [0.25, 0.3) is 0 Å². The van der Waals surface area contributed by atoms with Gasteiger partial charge in [-0.15, -0.1) is 0 Å². The Kier molecular flexibility index (Phi) is 20.7. The lowest BCUT2D eigenvalue weighted by molar-refractivity contribution is -0.885. The summed E-state index contributed by atoms with van der Waals surface area (Å²) in [5, 5.41) is 0. The van der Waals surface area contributed by atoms with Crippen LogP contribution >= 0.6 is 0 Å². The lowest BCUT2D eigenvalue weighted by Gasteiger charge is -2.28. The number of nitrogens with zero attached hydrogens (tertiary/aromatic N) is 2. The fourth-order valence-corrected chi connectivity index (χ4v) is 4.40. The van der Waals surface area contributed by atoms with Gasteiger partial charge in [0.15, 0.2) is 0 Å². The van der Waals surface area contributed by atoms with Crippen LogP contribution in [0.3, 0.4) is 0 Å². The van der Waals surface area contributed by atoms with Crippen LogP contribution in [0.4, 0.5) is 0 Å². The van der Waals surface area contributed by atoms with Gasteiger partial charge in [-0.2, -0.15) is 0 Å². The zero-order chi connectivity index (χ0) is 24.0. The number of hydrogen-bond acceptors (Lipinski definition) is 0. The topological polar surface area (TPSA) is 0 Å². The molecule has 0 aromatic carbocycles. The van der Waals surface area contributed by atoms with Crippen molar-refractivity contribution in [2.75, 3.05) is 54.4 Å². The van der Waals surface area contributed by atoms with Crippen molar-refractivity contribution in [3.63, 3.8) is 0 Å². The molecule has 0 saturated heterocycles. The van der Waals surface area contributed by atoms with E-state index in [9.17, 15) is 0 Å². The van der Waals surface area contributed by atoms with Crippen molar-refractivity contribution in [3.05, 3.63) is 0 Å². The first-order valence-electron chi connectivity index (χ1n) is 14.4. The highest BCUT2D eigenvalue weighted by Crippen LogP contribution is 2.12. The molecule has 0 N–H and O–H groups in total. The van der Waals surface area contributed by atoms with Crippen molar-refractivity contribution in [3.8, 4) is 11.8 Å². The number of hydrogen-bond donors (Lipinski definition) is 0. The van der Waals surface area contributed by atoms with Gasteiger partial charge < -0.3 is 8.97 Å². The molecule has 0 rings (SSSR count). The van der Waals surface area contributed by atoms with Gasteiger partial charge in [0.2, 0.25) is 0 Å². The maximum atomic E-state index is 3.50. The molecule has 0 fully saturated rings. The van der Waals surface area contributed by atoms with Crippen LogP contribution in [-0.4, -0.2) is 63.3 Å². The summed E-state index contributed by atoms with van der Waals surface area (Å²) in [5.74, 6) is 7.01. The van der Waals surface area contributed by atoms with Gasteiger partial charge in [-0.25, -0.2) is 0 Å². The highest BCUT2D eigenvalue weighted by Gasteiger charge is 2.14. The first-order valence-corrected chi connectivity index (χ1v) is 14.4. The molecule has 0 heterocycles. The molecule has 0 aliphatic heterocycles. The number of rotatable bonds is 22. The van der Waals surface area contributed by atoms with Crippen molar-refractivity contribution in [2.45, 2.75) is 129 Å². The summed E-state index contributed by atoms with van der Waals surface area (Å²) in [6.45, 7) is 9.11. The van der Waals surface area contributed by atoms with Crippen LogP contribution in [0, 0.1) is 11.8 Å². The highest BCUT2D eigenvalue weighted by atomic mass is 15.3. The molecule has 0 aromatic rings. The van der Waals surface area contributed by atoms with Gasteiger partial charge in [0, 0.05) is 0 Å². The molecule has 2 nitrogen and oxygen atoms in total. The standard InChI is InChI=1S/C30H62N2/c1-7-9-11-13-15-17-19-21-23-27-31(3,4)29-25-26-30-32(5,6)28-24-22-20-18-16-14-12-10-8-2/h7-24,27-30H2,1-6H3/q+2. The first kappa shape index (κ1) is 31.5. The Morgan fingerprint density at radius 2 is 0.625 bits per heavy atom. The molecule has 2 heteroatoms. The molecular formula is C30H62N2+2. The van der Waals surface area contributed by atoms with Crippen molar-refractivity contribution < 1.29 is 8.97 Å². The van der Waals surface area contributed by atoms with Crippen LogP contribution in [-0.2, 0) is 0 Å². The zero-order valence-electron chi connectivity index (χ0n) is 23.5. The van der Waals surface area contributed by atoms with Crippen LogP contribution in [0.2, 0.25) is 0 Å². The van der Waals surface area contributed by atoms with E-state index in [-0.39, 0.29) is 0 Å². The summed E-state index contributed by atoms with van der Waals surface area (Å²) >= 11 is 0. The molecule has 0 amide bonds. The average molecular weight is 451 g/mol. The van der Waals surface area contributed by atoms with Crippen molar-refractivity contribution >= 4 is 0 Å². The van der Waals surface area contributed by atoms with E-state index in [1.54, 1.807) is 0 Å². The first-order chi connectivity index (χ1) is 15.3. The third-order valence-electron chi connectivity index (χ3n) is 6.87. The average Bonchev–Trinajstić information content (AvgIpc) is 2.74.